The fourth-order valence-corrected chi connectivity index (χ4v) is 2.65. The van der Waals surface area contributed by atoms with Crippen molar-refractivity contribution in [3.8, 4) is 0 Å². The van der Waals surface area contributed by atoms with Crippen LogP contribution in [0.4, 0.5) is 5.69 Å². The normalized spacial score (nSPS) is 10.1. The van der Waals surface area contributed by atoms with Gasteiger partial charge in [-0.25, -0.2) is 0 Å². The lowest BCUT2D eigenvalue weighted by Gasteiger charge is -2.12. The maximum atomic E-state index is 5.75. The summed E-state index contributed by atoms with van der Waals surface area (Å²) in [6.45, 7) is 0.743. The summed E-state index contributed by atoms with van der Waals surface area (Å²) in [4.78, 5) is 0.387. The third-order valence-electron chi connectivity index (χ3n) is 2.59. The molecule has 3 N–H and O–H groups in total. The Morgan fingerprint density at radius 3 is 2.50 bits per heavy atom. The smallest absolute Gasteiger partial charge is 0.107 e. The lowest BCUT2D eigenvalue weighted by molar-refractivity contribution is 1.15. The van der Waals surface area contributed by atoms with Gasteiger partial charge in [-0.05, 0) is 33.6 Å². The van der Waals surface area contributed by atoms with Crippen LogP contribution in [0.1, 0.15) is 11.1 Å². The molecule has 4 heteroatoms. The van der Waals surface area contributed by atoms with Crippen molar-refractivity contribution in [2.75, 3.05) is 5.32 Å². The van der Waals surface area contributed by atoms with Crippen molar-refractivity contribution >= 4 is 38.8 Å². The molecule has 0 radical (unpaired) electrons. The average Bonchev–Trinajstić information content (AvgIpc) is 2.37. The number of hydrogen-bond donors (Lipinski definition) is 2. The van der Waals surface area contributed by atoms with Crippen LogP contribution in [0.5, 0.6) is 0 Å². The molecule has 0 aliphatic carbocycles. The fraction of sp³-hybridized carbons (Fsp3) is 0.0714. The zero-order chi connectivity index (χ0) is 13.0. The van der Waals surface area contributed by atoms with Crippen LogP contribution in [0.2, 0.25) is 0 Å². The van der Waals surface area contributed by atoms with Crippen LogP contribution in [-0.4, -0.2) is 4.99 Å². The van der Waals surface area contributed by atoms with E-state index in [1.54, 1.807) is 0 Å². The number of nitrogens with one attached hydrogen (secondary N) is 1. The molecular formula is C14H13BrN2S. The van der Waals surface area contributed by atoms with Crippen LogP contribution in [0.25, 0.3) is 0 Å². The van der Waals surface area contributed by atoms with Gasteiger partial charge in [0.15, 0.2) is 0 Å². The molecule has 0 spiro atoms. The van der Waals surface area contributed by atoms with Gasteiger partial charge in [0.1, 0.15) is 4.99 Å². The third kappa shape index (κ3) is 3.09. The Bertz CT molecular complexity index is 555. The molecule has 0 amide bonds. The molecular weight excluding hydrogens is 308 g/mol. The van der Waals surface area contributed by atoms with E-state index < -0.39 is 0 Å². The number of rotatable bonds is 4. The lowest BCUT2D eigenvalue weighted by atomic mass is 10.1. The molecule has 92 valence electrons. The third-order valence-corrected chi connectivity index (χ3v) is 3.45. The van der Waals surface area contributed by atoms with Crippen LogP contribution in [0.3, 0.4) is 0 Å². The van der Waals surface area contributed by atoms with E-state index in [4.69, 9.17) is 18.0 Å². The second-order valence-electron chi connectivity index (χ2n) is 3.87. The monoisotopic (exact) mass is 320 g/mol. The summed E-state index contributed by atoms with van der Waals surface area (Å²) in [5.74, 6) is 0. The molecule has 2 aromatic carbocycles. The van der Waals surface area contributed by atoms with E-state index in [-0.39, 0.29) is 0 Å². The maximum Gasteiger partial charge on any atom is 0.107 e. The summed E-state index contributed by atoms with van der Waals surface area (Å²) in [7, 11) is 0. The SMILES string of the molecule is NC(=S)c1c(Br)cccc1NCc1ccccc1. The summed E-state index contributed by atoms with van der Waals surface area (Å²) in [5.41, 5.74) is 8.76. The summed E-state index contributed by atoms with van der Waals surface area (Å²) in [6, 6.07) is 16.1. The van der Waals surface area contributed by atoms with E-state index in [1.165, 1.54) is 5.56 Å². The van der Waals surface area contributed by atoms with Crippen molar-refractivity contribution in [2.24, 2.45) is 5.73 Å². The molecule has 0 aliphatic heterocycles. The number of halogens is 1. The quantitative estimate of drug-likeness (QED) is 0.844. The zero-order valence-corrected chi connectivity index (χ0v) is 12.1. The van der Waals surface area contributed by atoms with Crippen molar-refractivity contribution in [1.82, 2.24) is 0 Å². The second-order valence-corrected chi connectivity index (χ2v) is 5.16. The van der Waals surface area contributed by atoms with E-state index in [2.05, 4.69) is 33.4 Å². The van der Waals surface area contributed by atoms with Gasteiger partial charge in [0.05, 0.1) is 0 Å². The summed E-state index contributed by atoms with van der Waals surface area (Å²) < 4.78 is 0.910. The molecule has 0 saturated heterocycles. The number of hydrogen-bond acceptors (Lipinski definition) is 2. The summed E-state index contributed by atoms with van der Waals surface area (Å²) >= 11 is 8.54. The highest BCUT2D eigenvalue weighted by Crippen LogP contribution is 2.25. The Hall–Kier alpha value is -1.39. The second kappa shape index (κ2) is 5.98. The van der Waals surface area contributed by atoms with Gasteiger partial charge in [-0.1, -0.05) is 48.6 Å². The maximum absolute atomic E-state index is 5.75. The molecule has 0 saturated carbocycles. The predicted molar refractivity (Wildman–Crippen MR) is 83.8 cm³/mol. The molecule has 2 nitrogen and oxygen atoms in total. The van der Waals surface area contributed by atoms with Gasteiger partial charge in [-0.15, -0.1) is 0 Å². The lowest BCUT2D eigenvalue weighted by Crippen LogP contribution is -2.14. The topological polar surface area (TPSA) is 38.0 Å². The standard InChI is InChI=1S/C14H13BrN2S/c15-11-7-4-8-12(13(11)14(16)18)17-9-10-5-2-1-3-6-10/h1-8,17H,9H2,(H2,16,18). The van der Waals surface area contributed by atoms with Gasteiger partial charge >= 0.3 is 0 Å². The highest BCUT2D eigenvalue weighted by Gasteiger charge is 2.08. The minimum Gasteiger partial charge on any atom is -0.389 e. The zero-order valence-electron chi connectivity index (χ0n) is 9.69. The molecule has 2 rings (SSSR count). The van der Waals surface area contributed by atoms with E-state index in [9.17, 15) is 0 Å². The Morgan fingerprint density at radius 1 is 1.11 bits per heavy atom. The molecule has 18 heavy (non-hydrogen) atoms. The number of thiocarbonyl (C=S) groups is 1. The Labute approximate surface area is 120 Å². The van der Waals surface area contributed by atoms with Crippen molar-refractivity contribution in [3.63, 3.8) is 0 Å². The van der Waals surface area contributed by atoms with Gasteiger partial charge < -0.3 is 11.1 Å². The van der Waals surface area contributed by atoms with E-state index >= 15 is 0 Å². The van der Waals surface area contributed by atoms with Crippen LogP contribution in [0, 0.1) is 0 Å². The molecule has 0 atom stereocenters. The molecule has 0 fully saturated rings. The first kappa shape index (κ1) is 13.1. The molecule has 0 aliphatic rings. The van der Waals surface area contributed by atoms with Crippen LogP contribution >= 0.6 is 28.1 Å². The van der Waals surface area contributed by atoms with Crippen molar-refractivity contribution in [2.45, 2.75) is 6.54 Å². The molecule has 0 aromatic heterocycles. The first-order valence-corrected chi connectivity index (χ1v) is 6.74. The van der Waals surface area contributed by atoms with Crippen molar-refractivity contribution in [1.29, 1.82) is 0 Å². The van der Waals surface area contributed by atoms with Crippen LogP contribution in [0.15, 0.2) is 53.0 Å². The van der Waals surface area contributed by atoms with Crippen LogP contribution in [-0.2, 0) is 6.54 Å². The van der Waals surface area contributed by atoms with E-state index in [1.807, 2.05) is 36.4 Å². The largest absolute Gasteiger partial charge is 0.389 e. The first-order valence-electron chi connectivity index (χ1n) is 5.54. The summed E-state index contributed by atoms with van der Waals surface area (Å²) in [5, 5.41) is 3.35. The van der Waals surface area contributed by atoms with Gasteiger partial charge in [0.2, 0.25) is 0 Å². The van der Waals surface area contributed by atoms with E-state index in [0.717, 1.165) is 22.3 Å². The molecule has 2 aromatic rings. The van der Waals surface area contributed by atoms with Crippen molar-refractivity contribution < 1.29 is 0 Å². The van der Waals surface area contributed by atoms with Gasteiger partial charge in [0, 0.05) is 22.3 Å². The average molecular weight is 321 g/mol. The minimum absolute atomic E-state index is 0.387. The minimum atomic E-state index is 0.387. The number of nitrogens with two attached hydrogens (primary N) is 1. The summed E-state index contributed by atoms with van der Waals surface area (Å²) in [6.07, 6.45) is 0. The Kier molecular flexibility index (Phi) is 4.33. The van der Waals surface area contributed by atoms with Crippen LogP contribution < -0.4 is 11.1 Å². The molecule has 0 unspecified atom stereocenters. The van der Waals surface area contributed by atoms with E-state index in [0.29, 0.717) is 4.99 Å². The molecule has 0 bridgehead atoms. The Balaban J connectivity index is 2.20. The number of benzene rings is 2. The Morgan fingerprint density at radius 2 is 1.83 bits per heavy atom. The van der Waals surface area contributed by atoms with Gasteiger partial charge in [-0.2, -0.15) is 0 Å². The predicted octanol–water partition coefficient (Wildman–Crippen LogP) is 3.70. The molecule has 0 heterocycles. The van der Waals surface area contributed by atoms with Gasteiger partial charge in [-0.3, -0.25) is 0 Å². The fourth-order valence-electron chi connectivity index (χ4n) is 1.72. The highest BCUT2D eigenvalue weighted by atomic mass is 79.9. The van der Waals surface area contributed by atoms with Crippen molar-refractivity contribution in [3.05, 3.63) is 64.1 Å². The number of anilines is 1. The highest BCUT2D eigenvalue weighted by molar-refractivity contribution is 9.10. The first-order chi connectivity index (χ1) is 8.68. The van der Waals surface area contributed by atoms with Gasteiger partial charge in [0.25, 0.3) is 0 Å².